The van der Waals surface area contributed by atoms with Crippen molar-refractivity contribution in [1.82, 2.24) is 0 Å². The molecule has 0 aliphatic heterocycles. The Hall–Kier alpha value is -4.18. The van der Waals surface area contributed by atoms with Gasteiger partial charge >= 0.3 is 0 Å². The quantitative estimate of drug-likeness (QED) is 0.209. The highest BCUT2D eigenvalue weighted by molar-refractivity contribution is 5.90. The van der Waals surface area contributed by atoms with Crippen LogP contribution in [0.3, 0.4) is 0 Å². The molecule has 0 fully saturated rings. The topological polar surface area (TPSA) is 0 Å². The lowest BCUT2D eigenvalue weighted by Gasteiger charge is -2.15. The van der Waals surface area contributed by atoms with E-state index in [9.17, 15) is 0 Å². The van der Waals surface area contributed by atoms with E-state index in [2.05, 4.69) is 0 Å². The molecule has 0 unspecified atom stereocenters. The monoisotopic (exact) mass is 506 g/mol. The van der Waals surface area contributed by atoms with Gasteiger partial charge in [-0.15, -0.1) is 0 Å². The molecule has 0 radical (unpaired) electrons. The van der Waals surface area contributed by atoms with E-state index in [0.29, 0.717) is 22.3 Å². The molecule has 0 bridgehead atoms. The van der Waals surface area contributed by atoms with Gasteiger partial charge in [-0.25, -0.2) is 0 Å². The molecular weight excluding hydrogens is 484 g/mol. The maximum Gasteiger partial charge on any atom is 0.299 e. The van der Waals surface area contributed by atoms with Crippen molar-refractivity contribution in [3.8, 4) is 44.5 Å². The second-order valence-corrected chi connectivity index (χ2v) is 10.3. The summed E-state index contributed by atoms with van der Waals surface area (Å²) < 4.78 is 63.4. The molecule has 5 aromatic carbocycles. The van der Waals surface area contributed by atoms with E-state index in [4.69, 9.17) is 0 Å². The van der Waals surface area contributed by atoms with Crippen molar-refractivity contribution < 1.29 is 17.6 Å². The fourth-order valence-electron chi connectivity index (χ4n) is 5.78. The summed E-state index contributed by atoms with van der Waals surface area (Å²) in [5.41, 5.74) is 5.37. The van der Waals surface area contributed by atoms with Gasteiger partial charge in [0.05, 0.1) is 0 Å². The second-order valence-electron chi connectivity index (χ2n) is 10.3. The molecule has 0 saturated carbocycles. The maximum absolute atomic E-state index is 15.9. The van der Waals surface area contributed by atoms with E-state index in [-0.39, 0.29) is 33.4 Å². The highest BCUT2D eigenvalue weighted by atomic mass is 19.3. The third-order valence-corrected chi connectivity index (χ3v) is 7.90. The molecule has 0 aromatic heterocycles. The van der Waals surface area contributed by atoms with Crippen LogP contribution in [0.2, 0.25) is 0 Å². The Bertz CT molecular complexity index is 1630. The Balaban J connectivity index is 1.36. The highest BCUT2D eigenvalue weighted by Crippen LogP contribution is 2.58. The third-order valence-electron chi connectivity index (χ3n) is 7.90. The smallest absolute Gasteiger partial charge is 0.196 e. The summed E-state index contributed by atoms with van der Waals surface area (Å²) in [7, 11) is 0. The number of alkyl halides is 4. The summed E-state index contributed by atoms with van der Waals surface area (Å²) in [6, 6.07) is 27.7. The van der Waals surface area contributed by atoms with Crippen LogP contribution in [0, 0.1) is 13.8 Å². The molecule has 0 nitrogen and oxygen atoms in total. The van der Waals surface area contributed by atoms with Crippen LogP contribution in [0.5, 0.6) is 0 Å². The van der Waals surface area contributed by atoms with Gasteiger partial charge in [0, 0.05) is 22.3 Å². The van der Waals surface area contributed by atoms with Gasteiger partial charge in [-0.2, -0.15) is 17.6 Å². The number of halogens is 4. The summed E-state index contributed by atoms with van der Waals surface area (Å²) in [5, 5.41) is 0. The number of benzene rings is 5. The van der Waals surface area contributed by atoms with E-state index in [1.54, 1.807) is 24.3 Å². The van der Waals surface area contributed by atoms with Crippen LogP contribution in [0.1, 0.15) is 33.4 Å². The molecule has 0 spiro atoms. The fourth-order valence-corrected chi connectivity index (χ4v) is 5.78. The van der Waals surface area contributed by atoms with E-state index < -0.39 is 11.8 Å². The zero-order chi connectivity index (χ0) is 26.4. The van der Waals surface area contributed by atoms with Crippen molar-refractivity contribution in [1.29, 1.82) is 0 Å². The molecule has 0 saturated heterocycles. The molecule has 2 aliphatic carbocycles. The lowest BCUT2D eigenvalue weighted by Crippen LogP contribution is -2.13. The van der Waals surface area contributed by atoms with Gasteiger partial charge in [0.2, 0.25) is 0 Å². The van der Waals surface area contributed by atoms with Gasteiger partial charge in [-0.3, -0.25) is 0 Å². The summed E-state index contributed by atoms with van der Waals surface area (Å²) >= 11 is 0. The molecule has 2 aliphatic rings. The molecule has 7 rings (SSSR count). The summed E-state index contributed by atoms with van der Waals surface area (Å²) in [5.74, 6) is -6.58. The van der Waals surface area contributed by atoms with Crippen molar-refractivity contribution in [2.24, 2.45) is 0 Å². The lowest BCUT2D eigenvalue weighted by atomic mass is 9.96. The van der Waals surface area contributed by atoms with Gasteiger partial charge in [0.1, 0.15) is 0 Å². The normalized spacial score (nSPS) is 15.5. The summed E-state index contributed by atoms with van der Waals surface area (Å²) in [4.78, 5) is 0. The number of hydrogen-bond donors (Lipinski definition) is 0. The minimum absolute atomic E-state index is 0.146. The van der Waals surface area contributed by atoms with Gasteiger partial charge in [0.15, 0.2) is 0 Å². The molecule has 0 N–H and O–H groups in total. The predicted octanol–water partition coefficient (Wildman–Crippen LogP) is 9.88. The van der Waals surface area contributed by atoms with Crippen LogP contribution in [-0.2, 0) is 11.8 Å². The minimum atomic E-state index is -3.29. The average Bonchev–Trinajstić information content (AvgIpc) is 3.27. The van der Waals surface area contributed by atoms with Crippen LogP contribution >= 0.6 is 0 Å². The SMILES string of the molecule is Cc1ccc(-c2ccc3c(c2)C(F)(F)c2cc4c(cc2-3)C(F)(F)c2cc(-c3ccc(C)cc3)ccc2-4)cc1. The number of aryl methyl sites for hydroxylation is 2. The minimum Gasteiger partial charge on any atom is -0.196 e. The molecule has 5 aromatic rings. The molecule has 4 heteroatoms. The largest absolute Gasteiger partial charge is 0.299 e. The van der Waals surface area contributed by atoms with Crippen LogP contribution < -0.4 is 0 Å². The van der Waals surface area contributed by atoms with Crippen molar-refractivity contribution >= 4 is 0 Å². The Morgan fingerprint density at radius 3 is 1.05 bits per heavy atom. The lowest BCUT2D eigenvalue weighted by molar-refractivity contribution is 0.0451. The van der Waals surface area contributed by atoms with Crippen molar-refractivity contribution in [3.63, 3.8) is 0 Å². The Labute approximate surface area is 218 Å². The number of fused-ring (bicyclic) bond motifs is 6. The zero-order valence-electron chi connectivity index (χ0n) is 20.7. The van der Waals surface area contributed by atoms with Crippen molar-refractivity contribution in [3.05, 3.63) is 130 Å². The molecule has 0 amide bonds. The van der Waals surface area contributed by atoms with Gasteiger partial charge < -0.3 is 0 Å². The van der Waals surface area contributed by atoms with E-state index >= 15 is 17.6 Å². The average molecular weight is 507 g/mol. The van der Waals surface area contributed by atoms with Crippen LogP contribution in [0.25, 0.3) is 44.5 Å². The van der Waals surface area contributed by atoms with Crippen LogP contribution in [-0.4, -0.2) is 0 Å². The van der Waals surface area contributed by atoms with Crippen molar-refractivity contribution in [2.45, 2.75) is 25.7 Å². The summed E-state index contributed by atoms with van der Waals surface area (Å²) in [6.45, 7) is 3.93. The predicted molar refractivity (Wildman–Crippen MR) is 144 cm³/mol. The third kappa shape index (κ3) is 3.16. The number of rotatable bonds is 2. The first-order valence-electron chi connectivity index (χ1n) is 12.5. The van der Waals surface area contributed by atoms with Gasteiger partial charge in [0.25, 0.3) is 11.8 Å². The van der Waals surface area contributed by atoms with E-state index in [1.807, 2.05) is 62.4 Å². The Morgan fingerprint density at radius 2 is 0.684 bits per heavy atom. The van der Waals surface area contributed by atoms with Crippen LogP contribution in [0.15, 0.2) is 97.1 Å². The van der Waals surface area contributed by atoms with E-state index in [0.717, 1.165) is 22.3 Å². The first-order chi connectivity index (χ1) is 18.1. The van der Waals surface area contributed by atoms with Crippen molar-refractivity contribution in [2.75, 3.05) is 0 Å². The summed E-state index contributed by atoms with van der Waals surface area (Å²) in [6.07, 6.45) is 0. The molecule has 38 heavy (non-hydrogen) atoms. The molecular formula is C34H22F4. The first kappa shape index (κ1) is 23.0. The first-order valence-corrected chi connectivity index (χ1v) is 12.5. The van der Waals surface area contributed by atoms with Gasteiger partial charge in [-0.05, 0) is 82.6 Å². The van der Waals surface area contributed by atoms with Crippen LogP contribution in [0.4, 0.5) is 17.6 Å². The number of hydrogen-bond acceptors (Lipinski definition) is 0. The molecule has 0 atom stereocenters. The maximum atomic E-state index is 15.9. The zero-order valence-corrected chi connectivity index (χ0v) is 20.7. The fraction of sp³-hybridized carbons (Fsp3) is 0.118. The highest BCUT2D eigenvalue weighted by Gasteiger charge is 2.50. The molecule has 0 heterocycles. The van der Waals surface area contributed by atoms with Gasteiger partial charge in [-0.1, -0.05) is 83.9 Å². The molecule has 186 valence electrons. The standard InChI is InChI=1S/C34H22F4/c1-19-3-7-21(8-4-19)23-11-13-25-27-17-32-28(18-31(27)33(35,36)29(25)15-23)26-14-12-24(16-30(26)34(32,37)38)22-9-5-20(2)6-10-22/h3-18H,1-2H3. The Kier molecular flexibility index (Phi) is 4.64. The van der Waals surface area contributed by atoms with E-state index in [1.165, 1.54) is 24.3 Å². The Morgan fingerprint density at radius 1 is 0.368 bits per heavy atom. The second kappa shape index (κ2) is 7.67.